The van der Waals surface area contributed by atoms with E-state index in [-0.39, 0.29) is 0 Å². The van der Waals surface area contributed by atoms with Crippen LogP contribution in [0.15, 0.2) is 42.0 Å². The first-order chi connectivity index (χ1) is 8.26. The number of thiocarbonyl (C=S) groups is 1. The predicted octanol–water partition coefficient (Wildman–Crippen LogP) is 1.68. The quantitative estimate of drug-likeness (QED) is 0.361. The van der Waals surface area contributed by atoms with Crippen molar-refractivity contribution in [1.82, 2.24) is 10.7 Å². The van der Waals surface area contributed by atoms with Gasteiger partial charge in [0.2, 0.25) is 0 Å². The summed E-state index contributed by atoms with van der Waals surface area (Å²) >= 11 is 4.98. The Morgan fingerprint density at radius 3 is 3.12 bits per heavy atom. The molecule has 0 heterocycles. The second-order valence-electron chi connectivity index (χ2n) is 3.15. The van der Waals surface area contributed by atoms with Crippen molar-refractivity contribution in [2.45, 2.75) is 0 Å². The van der Waals surface area contributed by atoms with Gasteiger partial charge in [0.25, 0.3) is 0 Å². The van der Waals surface area contributed by atoms with Gasteiger partial charge >= 0.3 is 0 Å². The molecular weight excluding hydrogens is 234 g/mol. The number of rotatable bonds is 5. The van der Waals surface area contributed by atoms with Gasteiger partial charge in [-0.2, -0.15) is 5.10 Å². The van der Waals surface area contributed by atoms with E-state index in [0.717, 1.165) is 11.3 Å². The molecule has 1 rings (SSSR count). The molecule has 0 spiro atoms. The predicted molar refractivity (Wildman–Crippen MR) is 74.5 cm³/mol. The van der Waals surface area contributed by atoms with Crippen LogP contribution in [-0.2, 0) is 0 Å². The van der Waals surface area contributed by atoms with Crippen LogP contribution in [0, 0.1) is 0 Å². The van der Waals surface area contributed by atoms with Crippen LogP contribution in [0.4, 0.5) is 0 Å². The van der Waals surface area contributed by atoms with E-state index in [1.54, 1.807) is 19.4 Å². The second kappa shape index (κ2) is 7.40. The van der Waals surface area contributed by atoms with Crippen LogP contribution >= 0.6 is 12.2 Å². The van der Waals surface area contributed by atoms with E-state index in [1.807, 2.05) is 24.3 Å². The Morgan fingerprint density at radius 1 is 1.59 bits per heavy atom. The summed E-state index contributed by atoms with van der Waals surface area (Å²) in [6.07, 6.45) is 3.39. The molecule has 0 saturated carbocycles. The fourth-order valence-electron chi connectivity index (χ4n) is 1.09. The third kappa shape index (κ3) is 5.12. The number of hydrogen-bond donors (Lipinski definition) is 2. The van der Waals surface area contributed by atoms with Gasteiger partial charge in [0.05, 0.1) is 13.3 Å². The maximum absolute atomic E-state index is 5.10. The minimum absolute atomic E-state index is 0.462. The maximum atomic E-state index is 5.10. The molecule has 0 atom stereocenters. The normalized spacial score (nSPS) is 9.94. The smallest absolute Gasteiger partial charge is 0.187 e. The average Bonchev–Trinajstić information content (AvgIpc) is 2.36. The highest BCUT2D eigenvalue weighted by Crippen LogP contribution is 2.10. The fraction of sp³-hybridized carbons (Fsp3) is 0.167. The van der Waals surface area contributed by atoms with Crippen LogP contribution in [0.25, 0.3) is 0 Å². The van der Waals surface area contributed by atoms with Gasteiger partial charge in [0.15, 0.2) is 5.11 Å². The van der Waals surface area contributed by atoms with Crippen molar-refractivity contribution in [3.8, 4) is 5.75 Å². The van der Waals surface area contributed by atoms with Crippen LogP contribution in [0.2, 0.25) is 0 Å². The Labute approximate surface area is 106 Å². The van der Waals surface area contributed by atoms with Gasteiger partial charge in [-0.3, -0.25) is 5.43 Å². The van der Waals surface area contributed by atoms with Crippen LogP contribution < -0.4 is 15.5 Å². The van der Waals surface area contributed by atoms with Gasteiger partial charge in [-0.25, -0.2) is 0 Å². The number of methoxy groups -OCH3 is 1. The molecule has 0 radical (unpaired) electrons. The molecule has 5 heteroatoms. The summed E-state index contributed by atoms with van der Waals surface area (Å²) in [6.45, 7) is 4.19. The first-order valence-electron chi connectivity index (χ1n) is 5.08. The Morgan fingerprint density at radius 2 is 2.41 bits per heavy atom. The molecule has 0 unspecified atom stereocenters. The van der Waals surface area contributed by atoms with Crippen molar-refractivity contribution in [3.63, 3.8) is 0 Å². The van der Waals surface area contributed by atoms with E-state index in [4.69, 9.17) is 17.0 Å². The van der Waals surface area contributed by atoms with Gasteiger partial charge in [-0.05, 0) is 29.9 Å². The molecule has 1 aromatic carbocycles. The van der Waals surface area contributed by atoms with Crippen LogP contribution in [-0.4, -0.2) is 25.0 Å². The SMILES string of the molecule is C=CCNC(=S)N/N=C/c1cccc(OC)c1. The summed E-state index contributed by atoms with van der Waals surface area (Å²) in [5, 5.41) is 7.37. The number of nitrogens with zero attached hydrogens (tertiary/aromatic N) is 1. The lowest BCUT2D eigenvalue weighted by molar-refractivity contribution is 0.415. The van der Waals surface area contributed by atoms with Crippen molar-refractivity contribution in [2.75, 3.05) is 13.7 Å². The number of hydrogen-bond acceptors (Lipinski definition) is 3. The van der Waals surface area contributed by atoms with Gasteiger partial charge in [-0.15, -0.1) is 6.58 Å². The summed E-state index contributed by atoms with van der Waals surface area (Å²) < 4.78 is 5.10. The summed E-state index contributed by atoms with van der Waals surface area (Å²) in [4.78, 5) is 0. The molecule has 0 amide bonds. The third-order valence-electron chi connectivity index (χ3n) is 1.88. The lowest BCUT2D eigenvalue weighted by Gasteiger charge is -2.03. The molecule has 0 saturated heterocycles. The van der Waals surface area contributed by atoms with Crippen LogP contribution in [0.5, 0.6) is 5.75 Å². The van der Waals surface area contributed by atoms with Crippen LogP contribution in [0.3, 0.4) is 0 Å². The lowest BCUT2D eigenvalue weighted by Crippen LogP contribution is -2.31. The highest BCUT2D eigenvalue weighted by Gasteiger charge is 1.92. The van der Waals surface area contributed by atoms with E-state index in [0.29, 0.717) is 11.7 Å². The monoisotopic (exact) mass is 249 g/mol. The Bertz CT molecular complexity index is 418. The molecular formula is C12H15N3OS. The first kappa shape index (κ1) is 13.2. The van der Waals surface area contributed by atoms with Crippen molar-refractivity contribution in [2.24, 2.45) is 5.10 Å². The van der Waals surface area contributed by atoms with Crippen molar-refractivity contribution in [3.05, 3.63) is 42.5 Å². The van der Waals surface area contributed by atoms with Crippen molar-refractivity contribution in [1.29, 1.82) is 0 Å². The first-order valence-corrected chi connectivity index (χ1v) is 5.49. The molecule has 1 aromatic rings. The van der Waals surface area contributed by atoms with E-state index in [1.165, 1.54) is 0 Å². The Balaban J connectivity index is 2.47. The summed E-state index contributed by atoms with van der Waals surface area (Å²) in [5.41, 5.74) is 3.64. The second-order valence-corrected chi connectivity index (χ2v) is 3.55. The lowest BCUT2D eigenvalue weighted by atomic mass is 10.2. The molecule has 90 valence electrons. The van der Waals surface area contributed by atoms with E-state index in [9.17, 15) is 0 Å². The number of hydrazone groups is 1. The van der Waals surface area contributed by atoms with Crippen molar-refractivity contribution < 1.29 is 4.74 Å². The molecule has 17 heavy (non-hydrogen) atoms. The minimum atomic E-state index is 0.462. The van der Waals surface area contributed by atoms with E-state index in [2.05, 4.69) is 22.4 Å². The fourth-order valence-corrected chi connectivity index (χ4v) is 1.23. The van der Waals surface area contributed by atoms with Crippen molar-refractivity contribution >= 4 is 23.5 Å². The molecule has 4 nitrogen and oxygen atoms in total. The topological polar surface area (TPSA) is 45.7 Å². The largest absolute Gasteiger partial charge is 0.497 e. The van der Waals surface area contributed by atoms with E-state index < -0.39 is 0 Å². The highest BCUT2D eigenvalue weighted by atomic mass is 32.1. The summed E-state index contributed by atoms with van der Waals surface area (Å²) in [5.74, 6) is 0.793. The number of ether oxygens (including phenoxy) is 1. The van der Waals surface area contributed by atoms with E-state index >= 15 is 0 Å². The van der Waals surface area contributed by atoms with Gasteiger partial charge in [-0.1, -0.05) is 18.2 Å². The number of benzene rings is 1. The standard InChI is InChI=1S/C12H15N3OS/c1-3-7-13-12(17)15-14-9-10-5-4-6-11(8-10)16-2/h3-6,8-9H,1,7H2,2H3,(H2,13,15,17)/b14-9+. The Hall–Kier alpha value is -1.88. The molecule has 0 aliphatic rings. The molecule has 0 aliphatic carbocycles. The third-order valence-corrected chi connectivity index (χ3v) is 2.12. The molecule has 2 N–H and O–H groups in total. The van der Waals surface area contributed by atoms with Gasteiger partial charge in [0.1, 0.15) is 5.75 Å². The summed E-state index contributed by atoms with van der Waals surface area (Å²) in [7, 11) is 1.63. The molecule has 0 bridgehead atoms. The molecule has 0 fully saturated rings. The van der Waals surface area contributed by atoms with Gasteiger partial charge in [0, 0.05) is 6.54 Å². The summed E-state index contributed by atoms with van der Waals surface area (Å²) in [6, 6.07) is 7.58. The average molecular weight is 249 g/mol. The van der Waals surface area contributed by atoms with Gasteiger partial charge < -0.3 is 10.1 Å². The Kier molecular flexibility index (Phi) is 5.74. The maximum Gasteiger partial charge on any atom is 0.187 e. The highest BCUT2D eigenvalue weighted by molar-refractivity contribution is 7.80. The zero-order valence-electron chi connectivity index (χ0n) is 9.64. The molecule has 0 aromatic heterocycles. The zero-order valence-corrected chi connectivity index (χ0v) is 10.5. The zero-order chi connectivity index (χ0) is 12.5. The number of nitrogens with one attached hydrogen (secondary N) is 2. The minimum Gasteiger partial charge on any atom is -0.497 e. The molecule has 0 aliphatic heterocycles. The van der Waals surface area contributed by atoms with Crippen LogP contribution in [0.1, 0.15) is 5.56 Å².